The summed E-state index contributed by atoms with van der Waals surface area (Å²) < 4.78 is 2.25. The number of benzene rings is 1. The third-order valence-corrected chi connectivity index (χ3v) is 5.39. The number of rotatable bonds is 5. The first kappa shape index (κ1) is 17.9. The number of nitrogens with two attached hydrogens (primary N) is 1. The Morgan fingerprint density at radius 3 is 2.80 bits per heavy atom. The van der Waals surface area contributed by atoms with E-state index in [1.807, 2.05) is 25.2 Å². The number of aryl methyl sites for hydroxylation is 1. The minimum Gasteiger partial charge on any atom is -0.343 e. The number of aromatic nitrogens is 2. The molecule has 0 bridgehead atoms. The first-order chi connectivity index (χ1) is 12.0. The van der Waals surface area contributed by atoms with Crippen molar-refractivity contribution in [1.82, 2.24) is 15.1 Å². The summed E-state index contributed by atoms with van der Waals surface area (Å²) in [6.45, 7) is 0.264. The lowest BCUT2D eigenvalue weighted by atomic mass is 10.1. The summed E-state index contributed by atoms with van der Waals surface area (Å²) in [5, 5.41) is 7.66. The molecule has 0 aliphatic rings. The van der Waals surface area contributed by atoms with E-state index in [-0.39, 0.29) is 18.5 Å². The molecule has 2 heterocycles. The van der Waals surface area contributed by atoms with Crippen LogP contribution >= 0.6 is 34.5 Å². The Kier molecular flexibility index (Phi) is 5.44. The van der Waals surface area contributed by atoms with Crippen molar-refractivity contribution in [1.29, 1.82) is 0 Å². The van der Waals surface area contributed by atoms with Crippen LogP contribution in [0.2, 0.25) is 9.36 Å². The highest BCUT2D eigenvalue weighted by molar-refractivity contribution is 7.18. The topological polar surface area (TPSA) is 72.9 Å². The summed E-state index contributed by atoms with van der Waals surface area (Å²) in [6, 6.07) is 10.6. The number of nitrogens with zero attached hydrogens (tertiary/aromatic N) is 2. The molecule has 2 aromatic heterocycles. The Morgan fingerprint density at radius 1 is 1.36 bits per heavy atom. The van der Waals surface area contributed by atoms with Gasteiger partial charge in [-0.3, -0.25) is 9.48 Å². The van der Waals surface area contributed by atoms with Crippen LogP contribution in [0.15, 0.2) is 42.6 Å². The second kappa shape index (κ2) is 7.58. The molecule has 3 rings (SSSR count). The van der Waals surface area contributed by atoms with E-state index in [4.69, 9.17) is 28.9 Å². The summed E-state index contributed by atoms with van der Waals surface area (Å²) in [7, 11) is 1.83. The molecule has 1 atom stereocenters. The van der Waals surface area contributed by atoms with E-state index in [2.05, 4.69) is 10.4 Å². The van der Waals surface area contributed by atoms with Gasteiger partial charge in [-0.05, 0) is 29.8 Å². The molecule has 25 heavy (non-hydrogen) atoms. The molecule has 0 saturated carbocycles. The number of amides is 1. The van der Waals surface area contributed by atoms with Gasteiger partial charge < -0.3 is 11.1 Å². The zero-order chi connectivity index (χ0) is 18.0. The van der Waals surface area contributed by atoms with Gasteiger partial charge in [-0.1, -0.05) is 35.3 Å². The van der Waals surface area contributed by atoms with Crippen molar-refractivity contribution < 1.29 is 4.79 Å². The van der Waals surface area contributed by atoms with Crippen LogP contribution in [0.25, 0.3) is 11.3 Å². The van der Waals surface area contributed by atoms with Gasteiger partial charge in [-0.15, -0.1) is 11.3 Å². The SMILES string of the molecule is Cn1nccc1-c1cc(C(=O)NC(CN)c2cccc(Cl)c2)sc1Cl. The molecule has 0 aliphatic heterocycles. The first-order valence-electron chi connectivity index (χ1n) is 7.53. The Bertz CT molecular complexity index is 906. The largest absolute Gasteiger partial charge is 0.343 e. The molecular weight excluding hydrogens is 379 g/mol. The van der Waals surface area contributed by atoms with Crippen molar-refractivity contribution in [3.63, 3.8) is 0 Å². The fraction of sp³-hybridized carbons (Fsp3) is 0.176. The van der Waals surface area contributed by atoms with E-state index in [9.17, 15) is 4.79 Å². The third-order valence-electron chi connectivity index (χ3n) is 3.80. The van der Waals surface area contributed by atoms with Crippen LogP contribution in [0.1, 0.15) is 21.3 Å². The molecule has 130 valence electrons. The molecule has 0 radical (unpaired) electrons. The van der Waals surface area contributed by atoms with Gasteiger partial charge in [0, 0.05) is 30.4 Å². The lowest BCUT2D eigenvalue weighted by Gasteiger charge is -2.17. The second-order valence-corrected chi connectivity index (χ2v) is 7.55. The molecule has 0 spiro atoms. The van der Waals surface area contributed by atoms with Gasteiger partial charge in [-0.2, -0.15) is 5.10 Å². The number of thiophene rings is 1. The van der Waals surface area contributed by atoms with Gasteiger partial charge in [0.25, 0.3) is 5.91 Å². The number of hydrogen-bond donors (Lipinski definition) is 2. The van der Waals surface area contributed by atoms with E-state index in [0.717, 1.165) is 16.8 Å². The van der Waals surface area contributed by atoms with Crippen LogP contribution in [0.5, 0.6) is 0 Å². The van der Waals surface area contributed by atoms with Crippen LogP contribution in [-0.2, 0) is 7.05 Å². The van der Waals surface area contributed by atoms with Gasteiger partial charge in [0.15, 0.2) is 0 Å². The predicted octanol–water partition coefficient (Wildman–Crippen LogP) is 3.89. The smallest absolute Gasteiger partial charge is 0.261 e. The summed E-state index contributed by atoms with van der Waals surface area (Å²) in [5.74, 6) is -0.226. The van der Waals surface area contributed by atoms with Crippen molar-refractivity contribution >= 4 is 40.4 Å². The highest BCUT2D eigenvalue weighted by Gasteiger charge is 2.19. The summed E-state index contributed by atoms with van der Waals surface area (Å²) in [5.41, 5.74) is 8.31. The van der Waals surface area contributed by atoms with Gasteiger partial charge >= 0.3 is 0 Å². The van der Waals surface area contributed by atoms with E-state index in [1.165, 1.54) is 11.3 Å². The average molecular weight is 395 g/mol. The maximum Gasteiger partial charge on any atom is 0.261 e. The standard InChI is InChI=1S/C17H16Cl2N4OS/c1-23-14(5-6-21-23)12-8-15(25-16(12)19)17(24)22-13(9-20)10-3-2-4-11(18)7-10/h2-8,13H,9,20H2,1H3,(H,22,24). The number of halogens is 2. The quantitative estimate of drug-likeness (QED) is 0.689. The van der Waals surface area contributed by atoms with Crippen molar-refractivity contribution in [2.75, 3.05) is 6.54 Å². The van der Waals surface area contributed by atoms with Crippen LogP contribution in [0.3, 0.4) is 0 Å². The minimum atomic E-state index is -0.327. The van der Waals surface area contributed by atoms with Crippen molar-refractivity contribution in [3.8, 4) is 11.3 Å². The monoisotopic (exact) mass is 394 g/mol. The molecule has 1 unspecified atom stereocenters. The molecule has 0 aliphatic carbocycles. The van der Waals surface area contributed by atoms with Gasteiger partial charge in [0.1, 0.15) is 4.34 Å². The van der Waals surface area contributed by atoms with Gasteiger partial charge in [0.05, 0.1) is 16.6 Å². The fourth-order valence-corrected chi connectivity index (χ4v) is 3.92. The highest BCUT2D eigenvalue weighted by atomic mass is 35.5. The van der Waals surface area contributed by atoms with Crippen LogP contribution in [0, 0.1) is 0 Å². The van der Waals surface area contributed by atoms with E-state index in [1.54, 1.807) is 29.1 Å². The molecule has 3 N–H and O–H groups in total. The highest BCUT2D eigenvalue weighted by Crippen LogP contribution is 2.35. The van der Waals surface area contributed by atoms with E-state index < -0.39 is 0 Å². The number of carbonyl (C=O) groups excluding carboxylic acids is 1. The molecule has 1 amide bonds. The van der Waals surface area contributed by atoms with E-state index in [0.29, 0.717) is 14.2 Å². The Balaban J connectivity index is 1.83. The summed E-state index contributed by atoms with van der Waals surface area (Å²) in [6.07, 6.45) is 1.69. The van der Waals surface area contributed by atoms with Crippen LogP contribution in [-0.4, -0.2) is 22.2 Å². The Hall–Kier alpha value is -1.86. The predicted molar refractivity (Wildman–Crippen MR) is 102 cm³/mol. The molecular formula is C17H16Cl2N4OS. The lowest BCUT2D eigenvalue weighted by Crippen LogP contribution is -2.32. The fourth-order valence-electron chi connectivity index (χ4n) is 2.52. The van der Waals surface area contributed by atoms with Crippen LogP contribution < -0.4 is 11.1 Å². The average Bonchev–Trinajstić information content (AvgIpc) is 3.17. The molecule has 5 nitrogen and oxygen atoms in total. The van der Waals surface area contributed by atoms with Gasteiger partial charge in [-0.25, -0.2) is 0 Å². The Morgan fingerprint density at radius 2 is 2.16 bits per heavy atom. The molecule has 1 aromatic carbocycles. The van der Waals surface area contributed by atoms with Crippen molar-refractivity contribution in [2.24, 2.45) is 12.8 Å². The number of carbonyl (C=O) groups is 1. The molecule has 3 aromatic rings. The normalized spacial score (nSPS) is 12.2. The molecule has 0 saturated heterocycles. The first-order valence-corrected chi connectivity index (χ1v) is 9.11. The minimum absolute atomic E-state index is 0.226. The van der Waals surface area contributed by atoms with Crippen molar-refractivity contribution in [2.45, 2.75) is 6.04 Å². The molecule has 0 fully saturated rings. The number of hydrogen-bond acceptors (Lipinski definition) is 4. The van der Waals surface area contributed by atoms with Gasteiger partial charge in [0.2, 0.25) is 0 Å². The summed E-state index contributed by atoms with van der Waals surface area (Å²) in [4.78, 5) is 13.1. The lowest BCUT2D eigenvalue weighted by molar-refractivity contribution is 0.0942. The Labute approximate surface area is 159 Å². The van der Waals surface area contributed by atoms with Crippen LogP contribution in [0.4, 0.5) is 0 Å². The van der Waals surface area contributed by atoms with Crippen molar-refractivity contribution in [3.05, 3.63) is 62.4 Å². The zero-order valence-corrected chi connectivity index (χ0v) is 15.7. The second-order valence-electron chi connectivity index (χ2n) is 5.45. The maximum atomic E-state index is 12.6. The number of nitrogens with one attached hydrogen (secondary N) is 1. The zero-order valence-electron chi connectivity index (χ0n) is 13.4. The summed E-state index contributed by atoms with van der Waals surface area (Å²) >= 11 is 13.6. The third kappa shape index (κ3) is 3.88. The van der Waals surface area contributed by atoms with E-state index >= 15 is 0 Å². The maximum absolute atomic E-state index is 12.6. The molecule has 8 heteroatoms.